The summed E-state index contributed by atoms with van der Waals surface area (Å²) in [5, 5.41) is 3.07. The van der Waals surface area contributed by atoms with E-state index in [0.29, 0.717) is 13.2 Å². The summed E-state index contributed by atoms with van der Waals surface area (Å²) in [7, 11) is 0. The largest absolute Gasteiger partial charge is 0.493 e. The summed E-state index contributed by atoms with van der Waals surface area (Å²) in [5.41, 5.74) is 7.57. The molecule has 0 saturated heterocycles. The number of nitrogens with zero attached hydrogens (tertiary/aromatic N) is 3. The van der Waals surface area contributed by atoms with E-state index in [4.69, 9.17) is 19.9 Å². The molecule has 9 nitrogen and oxygen atoms in total. The molecule has 2 heterocycles. The number of carbonyl (C=O) groups is 1. The van der Waals surface area contributed by atoms with E-state index in [0.717, 1.165) is 11.3 Å². The van der Waals surface area contributed by atoms with Crippen LogP contribution in [0.1, 0.15) is 11.4 Å². The number of hydrogen-bond donors (Lipinski definition) is 2. The van der Waals surface area contributed by atoms with Crippen molar-refractivity contribution in [1.82, 2.24) is 15.0 Å². The number of nitrogens with one attached hydrogen (secondary N) is 1. The fourth-order valence-corrected chi connectivity index (χ4v) is 2.07. The Balaban J connectivity index is 1.68. The number of benzene rings is 1. The first kappa shape index (κ1) is 16.5. The summed E-state index contributed by atoms with van der Waals surface area (Å²) in [6.07, 6.45) is 1.22. The molecule has 3 rings (SSSR count). The zero-order valence-corrected chi connectivity index (χ0v) is 13.6. The van der Waals surface area contributed by atoms with Crippen molar-refractivity contribution in [1.29, 1.82) is 0 Å². The number of esters is 1. The topological polar surface area (TPSA) is 121 Å². The summed E-state index contributed by atoms with van der Waals surface area (Å²) in [5.74, 6) is -0.147. The molecule has 3 N–H and O–H groups in total. The molecule has 0 fully saturated rings. The lowest BCUT2D eigenvalue weighted by atomic mass is 10.2. The first-order valence-electron chi connectivity index (χ1n) is 7.56. The molecule has 1 aromatic carbocycles. The summed E-state index contributed by atoms with van der Waals surface area (Å²) in [4.78, 5) is 24.1. The molecule has 1 aliphatic heterocycles. The SMILES string of the molecule is Cc1ccccc1Nc1nc(N)nc(COC(=O)C2=COCCO2)n1. The second-order valence-corrected chi connectivity index (χ2v) is 5.15. The zero-order chi connectivity index (χ0) is 17.6. The quantitative estimate of drug-likeness (QED) is 0.776. The molecule has 2 aromatic rings. The standard InChI is InChI=1S/C16H17N5O4/c1-10-4-2-3-5-11(10)18-16-20-13(19-15(17)21-16)9-25-14(22)12-8-23-6-7-24-12/h2-5,8H,6-7,9H2,1H3,(H3,17,18,19,20,21). The van der Waals surface area contributed by atoms with E-state index >= 15 is 0 Å². The monoisotopic (exact) mass is 343 g/mol. The van der Waals surface area contributed by atoms with Crippen molar-refractivity contribution >= 4 is 23.6 Å². The van der Waals surface area contributed by atoms with Crippen LogP contribution in [0.25, 0.3) is 0 Å². The van der Waals surface area contributed by atoms with Crippen molar-refractivity contribution in [2.24, 2.45) is 0 Å². The second-order valence-electron chi connectivity index (χ2n) is 5.15. The van der Waals surface area contributed by atoms with Crippen LogP contribution >= 0.6 is 0 Å². The maximum absolute atomic E-state index is 11.9. The van der Waals surface area contributed by atoms with Gasteiger partial charge in [0.2, 0.25) is 17.7 Å². The Morgan fingerprint density at radius 1 is 1.28 bits per heavy atom. The van der Waals surface area contributed by atoms with E-state index in [9.17, 15) is 4.79 Å². The van der Waals surface area contributed by atoms with Gasteiger partial charge in [-0.15, -0.1) is 0 Å². The van der Waals surface area contributed by atoms with Gasteiger partial charge in [0.05, 0.1) is 0 Å². The van der Waals surface area contributed by atoms with Crippen LogP contribution in [0.5, 0.6) is 0 Å². The minimum absolute atomic E-state index is 0.00605. The molecule has 0 aliphatic carbocycles. The average Bonchev–Trinajstić information content (AvgIpc) is 2.62. The Hall–Kier alpha value is -3.36. The number of nitrogens with two attached hydrogens (primary N) is 1. The van der Waals surface area contributed by atoms with Crippen LogP contribution in [0.2, 0.25) is 0 Å². The molecule has 0 radical (unpaired) electrons. The van der Waals surface area contributed by atoms with Gasteiger partial charge in [-0.2, -0.15) is 15.0 Å². The fourth-order valence-electron chi connectivity index (χ4n) is 2.07. The third kappa shape index (κ3) is 4.34. The lowest BCUT2D eigenvalue weighted by Crippen LogP contribution is -2.18. The second kappa shape index (κ2) is 7.47. The van der Waals surface area contributed by atoms with Crippen LogP contribution in [0, 0.1) is 6.92 Å². The van der Waals surface area contributed by atoms with Crippen LogP contribution < -0.4 is 11.1 Å². The van der Waals surface area contributed by atoms with Gasteiger partial charge in [-0.3, -0.25) is 0 Å². The minimum Gasteiger partial charge on any atom is -0.493 e. The van der Waals surface area contributed by atoms with E-state index in [1.165, 1.54) is 6.26 Å². The Morgan fingerprint density at radius 3 is 2.88 bits per heavy atom. The van der Waals surface area contributed by atoms with E-state index in [2.05, 4.69) is 20.3 Å². The van der Waals surface area contributed by atoms with Crippen molar-refractivity contribution < 1.29 is 19.0 Å². The van der Waals surface area contributed by atoms with Crippen LogP contribution in [-0.2, 0) is 25.6 Å². The maximum Gasteiger partial charge on any atom is 0.377 e. The summed E-state index contributed by atoms with van der Waals surface area (Å²) < 4.78 is 15.3. The predicted molar refractivity (Wildman–Crippen MR) is 88.5 cm³/mol. The molecular weight excluding hydrogens is 326 g/mol. The highest BCUT2D eigenvalue weighted by Gasteiger charge is 2.17. The molecule has 25 heavy (non-hydrogen) atoms. The predicted octanol–water partition coefficient (Wildman–Crippen LogP) is 1.44. The average molecular weight is 343 g/mol. The molecule has 0 spiro atoms. The van der Waals surface area contributed by atoms with Crippen molar-refractivity contribution in [3.05, 3.63) is 47.7 Å². The lowest BCUT2D eigenvalue weighted by molar-refractivity contribution is -0.146. The van der Waals surface area contributed by atoms with Crippen LogP contribution in [-0.4, -0.2) is 34.1 Å². The highest BCUT2D eigenvalue weighted by atomic mass is 16.6. The van der Waals surface area contributed by atoms with Gasteiger partial charge in [0.15, 0.2) is 12.4 Å². The Morgan fingerprint density at radius 2 is 2.12 bits per heavy atom. The van der Waals surface area contributed by atoms with Gasteiger partial charge in [-0.05, 0) is 18.6 Å². The summed E-state index contributed by atoms with van der Waals surface area (Å²) >= 11 is 0. The Bertz CT molecular complexity index is 809. The summed E-state index contributed by atoms with van der Waals surface area (Å²) in [6.45, 7) is 2.48. The molecule has 0 saturated carbocycles. The normalized spacial score (nSPS) is 13.2. The summed E-state index contributed by atoms with van der Waals surface area (Å²) in [6, 6.07) is 7.67. The van der Waals surface area contributed by atoms with Crippen LogP contribution in [0.4, 0.5) is 17.6 Å². The van der Waals surface area contributed by atoms with Crippen molar-refractivity contribution in [2.45, 2.75) is 13.5 Å². The number of aryl methyl sites for hydroxylation is 1. The first-order valence-corrected chi connectivity index (χ1v) is 7.56. The van der Waals surface area contributed by atoms with E-state index in [1.807, 2.05) is 31.2 Å². The third-order valence-corrected chi connectivity index (χ3v) is 3.27. The van der Waals surface area contributed by atoms with Gasteiger partial charge >= 0.3 is 5.97 Å². The number of nitrogen functional groups attached to an aromatic ring is 1. The Kier molecular flexibility index (Phi) is 4.93. The number of rotatable bonds is 5. The number of aromatic nitrogens is 3. The lowest BCUT2D eigenvalue weighted by Gasteiger charge is -2.14. The number of ether oxygens (including phenoxy) is 3. The maximum atomic E-state index is 11.9. The highest BCUT2D eigenvalue weighted by Crippen LogP contribution is 2.18. The first-order chi connectivity index (χ1) is 12.1. The number of carbonyl (C=O) groups excluding carboxylic acids is 1. The third-order valence-electron chi connectivity index (χ3n) is 3.27. The molecule has 1 aromatic heterocycles. The van der Waals surface area contributed by atoms with Crippen molar-refractivity contribution in [3.8, 4) is 0 Å². The zero-order valence-electron chi connectivity index (χ0n) is 13.6. The van der Waals surface area contributed by atoms with Gasteiger partial charge in [-0.25, -0.2) is 4.79 Å². The molecule has 0 bridgehead atoms. The Labute approximate surface area is 143 Å². The molecule has 9 heteroatoms. The molecule has 0 atom stereocenters. The van der Waals surface area contributed by atoms with E-state index in [-0.39, 0.29) is 30.1 Å². The molecule has 1 aliphatic rings. The fraction of sp³-hybridized carbons (Fsp3) is 0.250. The van der Waals surface area contributed by atoms with Gasteiger partial charge < -0.3 is 25.3 Å². The van der Waals surface area contributed by atoms with Gasteiger partial charge in [0.25, 0.3) is 0 Å². The number of para-hydroxylation sites is 1. The molecule has 0 amide bonds. The molecule has 130 valence electrons. The number of anilines is 3. The van der Waals surface area contributed by atoms with Crippen LogP contribution in [0.3, 0.4) is 0 Å². The molecular formula is C16H17N5O4. The van der Waals surface area contributed by atoms with Crippen molar-refractivity contribution in [3.63, 3.8) is 0 Å². The van der Waals surface area contributed by atoms with Gasteiger partial charge in [-0.1, -0.05) is 18.2 Å². The van der Waals surface area contributed by atoms with E-state index in [1.54, 1.807) is 0 Å². The van der Waals surface area contributed by atoms with Crippen LogP contribution in [0.15, 0.2) is 36.3 Å². The molecule has 0 unspecified atom stereocenters. The highest BCUT2D eigenvalue weighted by molar-refractivity contribution is 5.86. The number of hydrogen-bond acceptors (Lipinski definition) is 9. The minimum atomic E-state index is -0.660. The van der Waals surface area contributed by atoms with Gasteiger partial charge in [0.1, 0.15) is 19.5 Å². The smallest absolute Gasteiger partial charge is 0.377 e. The van der Waals surface area contributed by atoms with Gasteiger partial charge in [0, 0.05) is 5.69 Å². The van der Waals surface area contributed by atoms with Crippen molar-refractivity contribution in [2.75, 3.05) is 24.3 Å². The van der Waals surface area contributed by atoms with E-state index < -0.39 is 5.97 Å².